The Morgan fingerprint density at radius 2 is 1.71 bits per heavy atom. The molecule has 1 amide bonds. The number of carbonyl (C=O) groups excluding carboxylic acids is 1. The summed E-state index contributed by atoms with van der Waals surface area (Å²) < 4.78 is 5.69. The molecule has 0 aromatic heterocycles. The minimum Gasteiger partial charge on any atom is -0.483 e. The summed E-state index contributed by atoms with van der Waals surface area (Å²) in [6.45, 7) is 6.14. The molecule has 0 saturated heterocycles. The van der Waals surface area contributed by atoms with Crippen molar-refractivity contribution >= 4 is 23.2 Å². The van der Waals surface area contributed by atoms with Gasteiger partial charge in [0.15, 0.2) is 6.61 Å². The molecule has 0 unspecified atom stereocenters. The van der Waals surface area contributed by atoms with Crippen molar-refractivity contribution < 1.29 is 9.53 Å². The number of ether oxygens (including phenoxy) is 1. The van der Waals surface area contributed by atoms with Crippen LogP contribution in [0.4, 0.5) is 5.69 Å². The second-order valence-electron chi connectivity index (χ2n) is 5.57. The van der Waals surface area contributed by atoms with Crippen molar-refractivity contribution in [2.24, 2.45) is 0 Å². The molecule has 0 spiro atoms. The molecule has 0 bridgehead atoms. The van der Waals surface area contributed by atoms with Gasteiger partial charge >= 0.3 is 0 Å². The summed E-state index contributed by atoms with van der Waals surface area (Å²) in [5, 5.41) is 3.66. The van der Waals surface area contributed by atoms with Gasteiger partial charge in [0, 0.05) is 10.7 Å². The average molecular weight is 346 g/mol. The van der Waals surface area contributed by atoms with Crippen molar-refractivity contribution in [1.29, 1.82) is 0 Å². The molecule has 0 atom stereocenters. The summed E-state index contributed by atoms with van der Waals surface area (Å²) in [7, 11) is 0. The highest BCUT2D eigenvalue weighted by molar-refractivity contribution is 6.32. The van der Waals surface area contributed by atoms with Crippen molar-refractivity contribution in [2.75, 3.05) is 11.9 Å². The number of amides is 1. The number of rotatable bonds is 7. The van der Waals surface area contributed by atoms with E-state index in [4.69, 9.17) is 16.3 Å². The average Bonchev–Trinajstić information content (AvgIpc) is 2.60. The molecule has 2 aromatic rings. The third-order valence-corrected chi connectivity index (χ3v) is 4.41. The van der Waals surface area contributed by atoms with Crippen molar-refractivity contribution in [3.05, 3.63) is 58.1 Å². The first-order valence-electron chi connectivity index (χ1n) is 8.41. The second kappa shape index (κ2) is 8.74. The molecule has 0 heterocycles. The maximum atomic E-state index is 12.4. The molecule has 128 valence electrons. The molecule has 0 aliphatic carbocycles. The fourth-order valence-corrected chi connectivity index (χ4v) is 3.01. The van der Waals surface area contributed by atoms with Crippen LogP contribution in [0, 0.1) is 0 Å². The Labute approximate surface area is 149 Å². The molecule has 1 N–H and O–H groups in total. The van der Waals surface area contributed by atoms with Crippen LogP contribution in [-0.2, 0) is 24.1 Å². The number of para-hydroxylation sites is 1. The standard InChI is InChI=1S/C20H24ClNO2/c1-4-14-9-7-8-10-18(14)24-13-19(23)22-20-15(5-2)11-12-17(21)16(20)6-3/h7-12H,4-6,13H2,1-3H3,(H,22,23). The first kappa shape index (κ1) is 18.3. The highest BCUT2D eigenvalue weighted by Crippen LogP contribution is 2.29. The molecule has 3 nitrogen and oxygen atoms in total. The van der Waals surface area contributed by atoms with E-state index in [1.807, 2.05) is 43.3 Å². The first-order valence-corrected chi connectivity index (χ1v) is 8.79. The van der Waals surface area contributed by atoms with Gasteiger partial charge in [-0.3, -0.25) is 4.79 Å². The number of hydrogen-bond donors (Lipinski definition) is 1. The lowest BCUT2D eigenvalue weighted by atomic mass is 10.0. The van der Waals surface area contributed by atoms with Gasteiger partial charge in [0.2, 0.25) is 0 Å². The van der Waals surface area contributed by atoms with Crippen molar-refractivity contribution in [1.82, 2.24) is 0 Å². The zero-order valence-corrected chi connectivity index (χ0v) is 15.2. The fraction of sp³-hybridized carbons (Fsp3) is 0.350. The Bertz CT molecular complexity index is 713. The number of nitrogens with one attached hydrogen (secondary N) is 1. The van der Waals surface area contributed by atoms with Crippen LogP contribution >= 0.6 is 11.6 Å². The van der Waals surface area contributed by atoms with Crippen LogP contribution in [0.5, 0.6) is 5.75 Å². The third-order valence-electron chi connectivity index (χ3n) is 4.05. The van der Waals surface area contributed by atoms with Crippen LogP contribution in [0.3, 0.4) is 0 Å². The van der Waals surface area contributed by atoms with E-state index in [9.17, 15) is 4.79 Å². The van der Waals surface area contributed by atoms with E-state index in [-0.39, 0.29) is 12.5 Å². The van der Waals surface area contributed by atoms with E-state index >= 15 is 0 Å². The predicted octanol–water partition coefficient (Wildman–Crippen LogP) is 5.04. The van der Waals surface area contributed by atoms with Crippen LogP contribution < -0.4 is 10.1 Å². The van der Waals surface area contributed by atoms with Crippen LogP contribution in [0.1, 0.15) is 37.5 Å². The fourth-order valence-electron chi connectivity index (χ4n) is 2.72. The SMILES string of the molecule is CCc1ccccc1OCC(=O)Nc1c(CC)ccc(Cl)c1CC. The quantitative estimate of drug-likeness (QED) is 0.763. The molecule has 0 saturated carbocycles. The first-order chi connectivity index (χ1) is 11.6. The van der Waals surface area contributed by atoms with Crippen LogP contribution in [-0.4, -0.2) is 12.5 Å². The molecule has 0 radical (unpaired) electrons. The smallest absolute Gasteiger partial charge is 0.262 e. The Morgan fingerprint density at radius 1 is 1.00 bits per heavy atom. The maximum absolute atomic E-state index is 12.4. The summed E-state index contributed by atoms with van der Waals surface area (Å²) in [5.41, 5.74) is 3.97. The summed E-state index contributed by atoms with van der Waals surface area (Å²) in [6, 6.07) is 11.6. The molecule has 0 aliphatic rings. The molecule has 4 heteroatoms. The number of hydrogen-bond acceptors (Lipinski definition) is 2. The van der Waals surface area contributed by atoms with E-state index in [0.717, 1.165) is 47.4 Å². The van der Waals surface area contributed by atoms with Gasteiger partial charge in [0.25, 0.3) is 5.91 Å². The maximum Gasteiger partial charge on any atom is 0.262 e. The number of halogens is 1. The van der Waals surface area contributed by atoms with Crippen molar-refractivity contribution in [2.45, 2.75) is 40.0 Å². The van der Waals surface area contributed by atoms with Gasteiger partial charge < -0.3 is 10.1 Å². The van der Waals surface area contributed by atoms with Gasteiger partial charge in [-0.2, -0.15) is 0 Å². The van der Waals surface area contributed by atoms with Gasteiger partial charge in [-0.1, -0.05) is 56.6 Å². The van der Waals surface area contributed by atoms with Gasteiger partial charge in [0.1, 0.15) is 5.75 Å². The zero-order valence-electron chi connectivity index (χ0n) is 14.5. The molecule has 2 rings (SSSR count). The lowest BCUT2D eigenvalue weighted by molar-refractivity contribution is -0.118. The van der Waals surface area contributed by atoms with E-state index in [2.05, 4.69) is 19.2 Å². The van der Waals surface area contributed by atoms with Gasteiger partial charge in [-0.05, 0) is 48.1 Å². The Hall–Kier alpha value is -2.00. The van der Waals surface area contributed by atoms with Gasteiger partial charge in [-0.25, -0.2) is 0 Å². The third kappa shape index (κ3) is 4.30. The Morgan fingerprint density at radius 3 is 2.38 bits per heavy atom. The number of anilines is 1. The van der Waals surface area contributed by atoms with Crippen LogP contribution in [0.2, 0.25) is 5.02 Å². The molecular weight excluding hydrogens is 322 g/mol. The van der Waals surface area contributed by atoms with E-state index in [0.29, 0.717) is 5.02 Å². The number of aryl methyl sites for hydroxylation is 2. The predicted molar refractivity (Wildman–Crippen MR) is 100 cm³/mol. The Balaban J connectivity index is 2.11. The van der Waals surface area contributed by atoms with Crippen LogP contribution in [0.15, 0.2) is 36.4 Å². The number of benzene rings is 2. The molecule has 0 fully saturated rings. The lowest BCUT2D eigenvalue weighted by Gasteiger charge is -2.16. The zero-order chi connectivity index (χ0) is 17.5. The van der Waals surface area contributed by atoms with Gasteiger partial charge in [-0.15, -0.1) is 0 Å². The number of carbonyl (C=O) groups is 1. The molecular formula is C20H24ClNO2. The van der Waals surface area contributed by atoms with Crippen LogP contribution in [0.25, 0.3) is 0 Å². The van der Waals surface area contributed by atoms with E-state index in [1.165, 1.54) is 0 Å². The normalized spacial score (nSPS) is 10.5. The summed E-state index contributed by atoms with van der Waals surface area (Å²) in [6.07, 6.45) is 2.47. The molecule has 0 aliphatic heterocycles. The summed E-state index contributed by atoms with van der Waals surface area (Å²) in [5.74, 6) is 0.584. The second-order valence-corrected chi connectivity index (χ2v) is 5.97. The topological polar surface area (TPSA) is 38.3 Å². The summed E-state index contributed by atoms with van der Waals surface area (Å²) in [4.78, 5) is 12.4. The Kier molecular flexibility index (Phi) is 6.68. The minimum atomic E-state index is -0.174. The minimum absolute atomic E-state index is 0.0180. The largest absolute Gasteiger partial charge is 0.483 e. The van der Waals surface area contributed by atoms with Gasteiger partial charge in [0.05, 0.1) is 0 Å². The van der Waals surface area contributed by atoms with Crippen molar-refractivity contribution in [3.63, 3.8) is 0 Å². The molecule has 2 aromatic carbocycles. The summed E-state index contributed by atoms with van der Waals surface area (Å²) >= 11 is 6.27. The monoisotopic (exact) mass is 345 g/mol. The lowest BCUT2D eigenvalue weighted by Crippen LogP contribution is -2.22. The highest BCUT2D eigenvalue weighted by Gasteiger charge is 2.14. The van der Waals surface area contributed by atoms with Crippen molar-refractivity contribution in [3.8, 4) is 5.75 Å². The molecule has 24 heavy (non-hydrogen) atoms. The van der Waals surface area contributed by atoms with E-state index < -0.39 is 0 Å². The van der Waals surface area contributed by atoms with E-state index in [1.54, 1.807) is 0 Å². The highest BCUT2D eigenvalue weighted by atomic mass is 35.5.